The molecule has 0 saturated carbocycles. The summed E-state index contributed by atoms with van der Waals surface area (Å²) >= 11 is 0. The predicted molar refractivity (Wildman–Crippen MR) is 102 cm³/mol. The Morgan fingerprint density at radius 1 is 1.28 bits per heavy atom. The van der Waals surface area contributed by atoms with E-state index in [1.807, 2.05) is 25.2 Å². The Morgan fingerprint density at radius 2 is 2.00 bits per heavy atom. The maximum Gasteiger partial charge on any atom is 0.272 e. The molecule has 132 valence electrons. The van der Waals surface area contributed by atoms with Crippen molar-refractivity contribution < 1.29 is 13.5 Å². The Morgan fingerprint density at radius 3 is 2.60 bits per heavy atom. The van der Waals surface area contributed by atoms with Crippen molar-refractivity contribution >= 4 is 38.1 Å². The van der Waals surface area contributed by atoms with Crippen molar-refractivity contribution in [2.24, 2.45) is 15.7 Å². The fourth-order valence-corrected chi connectivity index (χ4v) is 2.39. The van der Waals surface area contributed by atoms with Crippen molar-refractivity contribution in [3.05, 3.63) is 48.0 Å². The molecule has 1 unspecified atom stereocenters. The normalized spacial score (nSPS) is 12.0. The van der Waals surface area contributed by atoms with Gasteiger partial charge < -0.3 is 15.8 Å². The number of anilines is 1. The number of nitrogens with two attached hydrogens (primary N) is 1. The Kier molecular flexibility index (Phi) is 6.83. The quantitative estimate of drug-likeness (QED) is 0.451. The van der Waals surface area contributed by atoms with Crippen LogP contribution in [0.2, 0.25) is 0 Å². The predicted octanol–water partition coefficient (Wildman–Crippen LogP) is 2.94. The molecule has 2 rings (SSSR count). The Balaban J connectivity index is 2.01. The third kappa shape index (κ3) is 5.80. The lowest BCUT2D eigenvalue weighted by atomic mass is 10.2. The second kappa shape index (κ2) is 9.08. The molecule has 0 radical (unpaired) electrons. The number of amidine groups is 1. The van der Waals surface area contributed by atoms with Gasteiger partial charge in [-0.2, -0.15) is 0 Å². The molecule has 25 heavy (non-hydrogen) atoms. The molecular weight excluding hydrogens is 345 g/mol. The molecule has 0 spiro atoms. The molecule has 0 aliphatic carbocycles. The van der Waals surface area contributed by atoms with Gasteiger partial charge >= 0.3 is 0 Å². The molecule has 3 N–H and O–H groups in total. The van der Waals surface area contributed by atoms with E-state index in [0.29, 0.717) is 17.3 Å². The van der Waals surface area contributed by atoms with Crippen LogP contribution in [0.3, 0.4) is 0 Å². The van der Waals surface area contributed by atoms with Crippen molar-refractivity contribution in [3.8, 4) is 5.75 Å². The van der Waals surface area contributed by atoms with E-state index in [0.717, 1.165) is 16.6 Å². The first-order valence-corrected chi connectivity index (χ1v) is 8.02. The average Bonchev–Trinajstić information content (AvgIpc) is 2.60. The van der Waals surface area contributed by atoms with E-state index in [1.165, 1.54) is 6.34 Å². The van der Waals surface area contributed by atoms with Gasteiger partial charge in [0.2, 0.25) is 0 Å². The first-order chi connectivity index (χ1) is 12.0. The average molecular weight is 364 g/mol. The molecule has 0 saturated heterocycles. The number of benzene rings is 2. The second-order valence-electron chi connectivity index (χ2n) is 5.01. The molecular formula is C17H19F2N4OP. The zero-order valence-corrected chi connectivity index (χ0v) is 14.8. The highest BCUT2D eigenvalue weighted by Gasteiger charge is 2.03. The van der Waals surface area contributed by atoms with Gasteiger partial charge in [-0.1, -0.05) is 0 Å². The van der Waals surface area contributed by atoms with Crippen LogP contribution >= 0.6 is 9.24 Å². The van der Waals surface area contributed by atoms with Gasteiger partial charge in [0, 0.05) is 18.3 Å². The number of alkyl halides is 2. The smallest absolute Gasteiger partial charge is 0.272 e. The zero-order chi connectivity index (χ0) is 18.2. The van der Waals surface area contributed by atoms with Crippen LogP contribution in [0.5, 0.6) is 5.75 Å². The number of hydrogen-bond acceptors (Lipinski definition) is 3. The van der Waals surface area contributed by atoms with E-state index in [9.17, 15) is 8.78 Å². The van der Waals surface area contributed by atoms with E-state index in [-0.39, 0.29) is 0 Å². The molecule has 0 aliphatic heterocycles. The fourth-order valence-electron chi connectivity index (χ4n) is 1.97. The number of nitrogens with one attached hydrogen (secondary N) is 1. The number of aliphatic imine (C=N–C) groups is 2. The van der Waals surface area contributed by atoms with E-state index in [4.69, 9.17) is 10.5 Å². The van der Waals surface area contributed by atoms with Crippen LogP contribution in [-0.2, 0) is 0 Å². The van der Waals surface area contributed by atoms with E-state index in [2.05, 4.69) is 24.5 Å². The number of hydrogen-bond donors (Lipinski definition) is 2. The van der Waals surface area contributed by atoms with Gasteiger partial charge in [-0.3, -0.25) is 0 Å². The summed E-state index contributed by atoms with van der Waals surface area (Å²) in [5, 5.41) is 4.05. The molecule has 0 aromatic heterocycles. The summed E-state index contributed by atoms with van der Waals surface area (Å²) in [6, 6.07) is 12.1. The summed E-state index contributed by atoms with van der Waals surface area (Å²) in [5.41, 5.74) is 8.33. The topological polar surface area (TPSA) is 72.0 Å². The van der Waals surface area contributed by atoms with Crippen molar-refractivity contribution in [1.82, 2.24) is 0 Å². The van der Waals surface area contributed by atoms with Crippen molar-refractivity contribution in [3.63, 3.8) is 0 Å². The zero-order valence-electron chi connectivity index (χ0n) is 13.6. The first kappa shape index (κ1) is 18.8. The lowest BCUT2D eigenvalue weighted by molar-refractivity contribution is 0.0819. The molecule has 0 amide bonds. The lowest BCUT2D eigenvalue weighted by Crippen LogP contribution is -2.15. The lowest BCUT2D eigenvalue weighted by Gasteiger charge is -2.07. The Bertz CT molecular complexity index is 764. The van der Waals surface area contributed by atoms with Crippen LogP contribution < -0.4 is 21.1 Å². The third-order valence-electron chi connectivity index (χ3n) is 3.23. The molecule has 8 heteroatoms. The van der Waals surface area contributed by atoms with Gasteiger partial charge in [-0.05, 0) is 47.8 Å². The number of ether oxygens (including phenoxy) is 1. The summed E-state index contributed by atoms with van der Waals surface area (Å²) in [6.07, 6.45) is -1.15. The summed E-state index contributed by atoms with van der Waals surface area (Å²) in [5.74, 6) is 0.701. The highest BCUT2D eigenvalue weighted by molar-refractivity contribution is 7.28. The van der Waals surface area contributed by atoms with Crippen LogP contribution in [0.4, 0.5) is 20.2 Å². The summed E-state index contributed by atoms with van der Waals surface area (Å²) in [4.78, 5) is 8.26. The second-order valence-corrected chi connectivity index (χ2v) is 5.63. The minimum absolute atomic E-state index is 0.340. The number of nitrogens with zero attached hydrogens (tertiary/aromatic N) is 2. The fraction of sp³-hybridized carbons (Fsp3) is 0.176. The molecule has 0 bridgehead atoms. The van der Waals surface area contributed by atoms with Gasteiger partial charge in [0.1, 0.15) is 24.5 Å². The van der Waals surface area contributed by atoms with Crippen LogP contribution in [0.1, 0.15) is 5.56 Å². The highest BCUT2D eigenvalue weighted by Crippen LogP contribution is 2.18. The van der Waals surface area contributed by atoms with Gasteiger partial charge in [0.15, 0.2) is 0 Å². The molecule has 1 atom stereocenters. The van der Waals surface area contributed by atoms with Crippen molar-refractivity contribution in [2.45, 2.75) is 6.43 Å². The van der Waals surface area contributed by atoms with E-state index < -0.39 is 13.0 Å². The number of rotatable bonds is 7. The Labute approximate surface area is 147 Å². The largest absolute Gasteiger partial charge is 0.488 e. The molecule has 0 fully saturated rings. The standard InChI is InChI=1S/C17H19F2N4OP/c1-21-14-7-2-11(8-15(14)25)17(20)23-10-22-12-3-5-13(6-4-12)24-9-16(18)19/h2-8,10,16,21H,9,25H2,1H3,(H2,20,22,23). The van der Waals surface area contributed by atoms with Gasteiger partial charge in [0.25, 0.3) is 6.43 Å². The minimum atomic E-state index is -2.50. The highest BCUT2D eigenvalue weighted by atomic mass is 31.0. The van der Waals surface area contributed by atoms with Crippen LogP contribution in [-0.4, -0.2) is 32.3 Å². The van der Waals surface area contributed by atoms with Crippen LogP contribution in [0, 0.1) is 0 Å². The molecule has 5 nitrogen and oxygen atoms in total. The van der Waals surface area contributed by atoms with Crippen LogP contribution in [0.25, 0.3) is 0 Å². The summed E-state index contributed by atoms with van der Waals surface area (Å²) < 4.78 is 29.0. The molecule has 2 aromatic carbocycles. The Hall–Kier alpha value is -2.53. The summed E-state index contributed by atoms with van der Waals surface area (Å²) in [7, 11) is 4.47. The van der Waals surface area contributed by atoms with Gasteiger partial charge in [-0.15, -0.1) is 9.24 Å². The van der Waals surface area contributed by atoms with Gasteiger partial charge in [-0.25, -0.2) is 18.8 Å². The van der Waals surface area contributed by atoms with E-state index in [1.54, 1.807) is 24.3 Å². The monoisotopic (exact) mass is 364 g/mol. The number of halogens is 2. The third-order valence-corrected chi connectivity index (χ3v) is 3.71. The maximum atomic E-state index is 12.1. The summed E-state index contributed by atoms with van der Waals surface area (Å²) in [6.45, 7) is -0.631. The molecule has 2 aromatic rings. The SMILES string of the molecule is CNc1ccc(C(N)=NC=Nc2ccc(OCC(F)F)cc2)cc1P. The van der Waals surface area contributed by atoms with Crippen LogP contribution in [0.15, 0.2) is 52.4 Å². The van der Waals surface area contributed by atoms with Crippen molar-refractivity contribution in [2.75, 3.05) is 19.0 Å². The van der Waals surface area contributed by atoms with E-state index >= 15 is 0 Å². The maximum absolute atomic E-state index is 12.1. The van der Waals surface area contributed by atoms with Gasteiger partial charge in [0.05, 0.1) is 5.69 Å². The first-order valence-electron chi connectivity index (χ1n) is 7.44. The van der Waals surface area contributed by atoms with Crippen molar-refractivity contribution in [1.29, 1.82) is 0 Å². The molecule has 0 heterocycles. The minimum Gasteiger partial charge on any atom is -0.488 e. The molecule has 0 aliphatic rings.